The first-order valence-electron chi connectivity index (χ1n) is 8.16. The van der Waals surface area contributed by atoms with E-state index in [0.717, 1.165) is 23.4 Å². The molecule has 0 spiro atoms. The van der Waals surface area contributed by atoms with E-state index < -0.39 is 11.7 Å². The summed E-state index contributed by atoms with van der Waals surface area (Å²) in [5.41, 5.74) is 2.06. The van der Waals surface area contributed by atoms with Gasteiger partial charge in [-0.15, -0.1) is 24.0 Å². The molecule has 0 saturated heterocycles. The third kappa shape index (κ3) is 7.28. The Hall–Kier alpha value is -1.97. The highest BCUT2D eigenvalue weighted by atomic mass is 127. The van der Waals surface area contributed by atoms with Crippen molar-refractivity contribution < 1.29 is 13.2 Å². The second kappa shape index (κ2) is 10.4. The minimum atomic E-state index is -4.34. The molecule has 0 aliphatic heterocycles. The van der Waals surface area contributed by atoms with E-state index in [2.05, 4.69) is 21.7 Å². The van der Waals surface area contributed by atoms with Gasteiger partial charge in [-0.25, -0.2) is 0 Å². The third-order valence-corrected chi connectivity index (χ3v) is 3.82. The average molecular weight is 492 g/mol. The zero-order valence-electron chi connectivity index (χ0n) is 15.5. The summed E-state index contributed by atoms with van der Waals surface area (Å²) >= 11 is 0. The fourth-order valence-corrected chi connectivity index (χ4v) is 2.39. The first-order chi connectivity index (χ1) is 12.3. The summed E-state index contributed by atoms with van der Waals surface area (Å²) in [6.07, 6.45) is -4.34. The lowest BCUT2D eigenvalue weighted by Gasteiger charge is -2.15. The van der Waals surface area contributed by atoms with Crippen LogP contribution in [0.4, 0.5) is 18.9 Å². The van der Waals surface area contributed by atoms with Gasteiger partial charge in [-0.1, -0.05) is 24.3 Å². The van der Waals surface area contributed by atoms with Crippen LogP contribution < -0.4 is 15.5 Å². The molecule has 2 aromatic carbocycles. The van der Waals surface area contributed by atoms with Crippen LogP contribution in [-0.4, -0.2) is 27.1 Å². The van der Waals surface area contributed by atoms with Crippen LogP contribution in [-0.2, 0) is 19.3 Å². The van der Waals surface area contributed by atoms with Gasteiger partial charge in [-0.2, -0.15) is 13.2 Å². The molecule has 0 unspecified atom stereocenters. The number of benzene rings is 2. The lowest BCUT2D eigenvalue weighted by molar-refractivity contribution is -0.137. The largest absolute Gasteiger partial charge is 0.416 e. The van der Waals surface area contributed by atoms with Gasteiger partial charge in [0.15, 0.2) is 5.96 Å². The topological polar surface area (TPSA) is 39.7 Å². The Kier molecular flexibility index (Phi) is 8.87. The predicted molar refractivity (Wildman–Crippen MR) is 115 cm³/mol. The standard InChI is InChI=1S/C19H23F3N4.HI/c1-23-18(25-13-15-7-5-9-17(11-15)26(2)3)24-12-14-6-4-8-16(10-14)19(20,21)22;/h4-11H,12-13H2,1-3H3,(H2,23,24,25);1H. The number of guanidine groups is 1. The summed E-state index contributed by atoms with van der Waals surface area (Å²) in [6.45, 7) is 0.811. The Morgan fingerprint density at radius 1 is 0.963 bits per heavy atom. The van der Waals surface area contributed by atoms with Crippen LogP contribution >= 0.6 is 24.0 Å². The molecule has 0 fully saturated rings. The molecule has 0 amide bonds. The van der Waals surface area contributed by atoms with E-state index in [1.165, 1.54) is 6.07 Å². The zero-order chi connectivity index (χ0) is 19.2. The van der Waals surface area contributed by atoms with Gasteiger partial charge in [-0.05, 0) is 35.4 Å². The summed E-state index contributed by atoms with van der Waals surface area (Å²) in [6, 6.07) is 13.3. The van der Waals surface area contributed by atoms with Crippen molar-refractivity contribution >= 4 is 35.6 Å². The summed E-state index contributed by atoms with van der Waals surface area (Å²) in [5, 5.41) is 6.20. The van der Waals surface area contributed by atoms with Crippen LogP contribution in [0.15, 0.2) is 53.5 Å². The summed E-state index contributed by atoms with van der Waals surface area (Å²) < 4.78 is 38.3. The zero-order valence-corrected chi connectivity index (χ0v) is 17.8. The Bertz CT molecular complexity index is 761. The maximum absolute atomic E-state index is 12.8. The van der Waals surface area contributed by atoms with Gasteiger partial charge in [0.05, 0.1) is 5.56 Å². The van der Waals surface area contributed by atoms with Crippen LogP contribution in [0.5, 0.6) is 0 Å². The number of nitrogens with one attached hydrogen (secondary N) is 2. The van der Waals surface area contributed by atoms with Crippen molar-refractivity contribution in [2.45, 2.75) is 19.3 Å². The Labute approximate surface area is 174 Å². The molecular weight excluding hydrogens is 468 g/mol. The number of hydrogen-bond acceptors (Lipinski definition) is 2. The van der Waals surface area contributed by atoms with Crippen LogP contribution in [0.1, 0.15) is 16.7 Å². The lowest BCUT2D eigenvalue weighted by atomic mass is 10.1. The molecule has 8 heteroatoms. The molecule has 2 rings (SSSR count). The highest BCUT2D eigenvalue weighted by Crippen LogP contribution is 2.29. The van der Waals surface area contributed by atoms with Crippen molar-refractivity contribution in [2.75, 3.05) is 26.0 Å². The van der Waals surface area contributed by atoms with E-state index in [-0.39, 0.29) is 30.5 Å². The monoisotopic (exact) mass is 492 g/mol. The lowest BCUT2D eigenvalue weighted by Crippen LogP contribution is -2.36. The Morgan fingerprint density at radius 3 is 2.04 bits per heavy atom. The molecule has 0 saturated carbocycles. The number of halogens is 4. The van der Waals surface area contributed by atoms with Crippen LogP contribution in [0.3, 0.4) is 0 Å². The number of rotatable bonds is 5. The summed E-state index contributed by atoms with van der Waals surface area (Å²) in [7, 11) is 5.57. The minimum Gasteiger partial charge on any atom is -0.378 e. The van der Waals surface area contributed by atoms with Gasteiger partial charge in [-0.3, -0.25) is 4.99 Å². The highest BCUT2D eigenvalue weighted by Gasteiger charge is 2.30. The van der Waals surface area contributed by atoms with E-state index in [4.69, 9.17) is 0 Å². The number of nitrogens with zero attached hydrogens (tertiary/aromatic N) is 2. The summed E-state index contributed by atoms with van der Waals surface area (Å²) in [4.78, 5) is 6.13. The molecule has 148 valence electrons. The molecular formula is C19H24F3IN4. The normalized spacial score (nSPS) is 11.6. The van der Waals surface area contributed by atoms with E-state index in [0.29, 0.717) is 18.1 Å². The van der Waals surface area contributed by atoms with Gasteiger partial charge < -0.3 is 15.5 Å². The van der Waals surface area contributed by atoms with Crippen LogP contribution in [0.25, 0.3) is 0 Å². The van der Waals surface area contributed by atoms with Crippen molar-refractivity contribution in [3.63, 3.8) is 0 Å². The molecule has 4 nitrogen and oxygen atoms in total. The molecule has 0 bridgehead atoms. The molecule has 0 heterocycles. The molecule has 2 N–H and O–H groups in total. The fraction of sp³-hybridized carbons (Fsp3) is 0.316. The Balaban J connectivity index is 0.00000364. The van der Waals surface area contributed by atoms with Crippen LogP contribution in [0.2, 0.25) is 0 Å². The minimum absolute atomic E-state index is 0. The maximum atomic E-state index is 12.8. The number of aliphatic imine (C=N–C) groups is 1. The SMILES string of the molecule is CN=C(NCc1cccc(N(C)C)c1)NCc1cccc(C(F)(F)F)c1.I. The smallest absolute Gasteiger partial charge is 0.378 e. The van der Waals surface area contributed by atoms with Gasteiger partial charge >= 0.3 is 6.18 Å². The number of anilines is 1. The third-order valence-electron chi connectivity index (χ3n) is 3.82. The molecule has 2 aromatic rings. The van der Waals surface area contributed by atoms with Crippen LogP contribution in [0, 0.1) is 0 Å². The molecule has 0 atom stereocenters. The maximum Gasteiger partial charge on any atom is 0.416 e. The van der Waals surface area contributed by atoms with Gasteiger partial charge in [0, 0.05) is 39.9 Å². The Morgan fingerprint density at radius 2 is 1.52 bits per heavy atom. The predicted octanol–water partition coefficient (Wildman–Crippen LogP) is 4.25. The molecule has 0 aliphatic rings. The first-order valence-corrected chi connectivity index (χ1v) is 8.16. The van der Waals surface area contributed by atoms with Crippen molar-refractivity contribution in [2.24, 2.45) is 4.99 Å². The van der Waals surface area contributed by atoms with Crippen molar-refractivity contribution in [1.29, 1.82) is 0 Å². The van der Waals surface area contributed by atoms with E-state index >= 15 is 0 Å². The van der Waals surface area contributed by atoms with E-state index in [9.17, 15) is 13.2 Å². The average Bonchev–Trinajstić information content (AvgIpc) is 2.61. The summed E-state index contributed by atoms with van der Waals surface area (Å²) in [5.74, 6) is 0.526. The number of alkyl halides is 3. The quantitative estimate of drug-likeness (QED) is 0.373. The molecule has 0 radical (unpaired) electrons. The number of hydrogen-bond donors (Lipinski definition) is 2. The van der Waals surface area contributed by atoms with Gasteiger partial charge in [0.25, 0.3) is 0 Å². The second-order valence-corrected chi connectivity index (χ2v) is 6.04. The van der Waals surface area contributed by atoms with Crippen molar-refractivity contribution in [1.82, 2.24) is 10.6 Å². The van der Waals surface area contributed by atoms with Gasteiger partial charge in [0.2, 0.25) is 0 Å². The van der Waals surface area contributed by atoms with Crippen molar-refractivity contribution in [3.05, 3.63) is 65.2 Å². The molecule has 0 aromatic heterocycles. The fourth-order valence-electron chi connectivity index (χ4n) is 2.39. The van der Waals surface area contributed by atoms with E-state index in [1.54, 1.807) is 13.1 Å². The first kappa shape index (κ1) is 23.1. The molecule has 0 aliphatic carbocycles. The molecule has 27 heavy (non-hydrogen) atoms. The van der Waals surface area contributed by atoms with E-state index in [1.807, 2.05) is 37.2 Å². The highest BCUT2D eigenvalue weighted by molar-refractivity contribution is 14.0. The van der Waals surface area contributed by atoms with Crippen molar-refractivity contribution in [3.8, 4) is 0 Å². The second-order valence-electron chi connectivity index (χ2n) is 6.04. The van der Waals surface area contributed by atoms with Gasteiger partial charge in [0.1, 0.15) is 0 Å².